The van der Waals surface area contributed by atoms with Crippen molar-refractivity contribution in [2.24, 2.45) is 0 Å². The zero-order valence-corrected chi connectivity index (χ0v) is 8.23. The molecule has 0 bridgehead atoms. The Hall–Kier alpha value is -2.25. The second kappa shape index (κ2) is 3.96. The van der Waals surface area contributed by atoms with Crippen molar-refractivity contribution in [1.82, 2.24) is 14.8 Å². The van der Waals surface area contributed by atoms with Crippen molar-refractivity contribution in [3.8, 4) is 11.4 Å². The van der Waals surface area contributed by atoms with Crippen molar-refractivity contribution in [1.29, 1.82) is 0 Å². The summed E-state index contributed by atoms with van der Waals surface area (Å²) < 4.78 is 41.1. The molecule has 8 heteroatoms. The zero-order chi connectivity index (χ0) is 12.5. The Morgan fingerprint density at radius 2 is 2.00 bits per heavy atom. The zero-order valence-electron chi connectivity index (χ0n) is 8.23. The van der Waals surface area contributed by atoms with Crippen LogP contribution in [0.15, 0.2) is 35.4 Å². The van der Waals surface area contributed by atoms with Crippen molar-refractivity contribution < 1.29 is 17.9 Å². The monoisotopic (exact) mass is 245 g/mol. The molecule has 17 heavy (non-hydrogen) atoms. The van der Waals surface area contributed by atoms with Gasteiger partial charge in [-0.25, -0.2) is 14.5 Å². The van der Waals surface area contributed by atoms with Crippen LogP contribution in [0.2, 0.25) is 0 Å². The Morgan fingerprint density at radius 1 is 1.29 bits per heavy atom. The highest BCUT2D eigenvalue weighted by atomic mass is 19.4. The molecule has 0 fully saturated rings. The fraction of sp³-hybridized carbons (Fsp3) is 0.111. The number of para-hydroxylation sites is 2. The number of rotatable bonds is 2. The number of halogens is 3. The van der Waals surface area contributed by atoms with Gasteiger partial charge in [0.05, 0.1) is 5.69 Å². The van der Waals surface area contributed by atoms with E-state index < -0.39 is 17.8 Å². The Balaban J connectivity index is 2.49. The first kappa shape index (κ1) is 11.2. The molecule has 2 rings (SSSR count). The summed E-state index contributed by atoms with van der Waals surface area (Å²) in [5, 5.41) is 5.50. The topological polar surface area (TPSA) is 59.9 Å². The van der Waals surface area contributed by atoms with E-state index in [1.807, 2.05) is 0 Å². The molecular formula is C9H6F3N3O2. The third-order valence-corrected chi connectivity index (χ3v) is 1.90. The van der Waals surface area contributed by atoms with E-state index in [2.05, 4.69) is 14.9 Å². The number of alkyl halides is 3. The lowest BCUT2D eigenvalue weighted by molar-refractivity contribution is -0.274. The molecule has 0 aliphatic carbocycles. The summed E-state index contributed by atoms with van der Waals surface area (Å²) in [7, 11) is 0. The second-order valence-corrected chi connectivity index (χ2v) is 3.05. The van der Waals surface area contributed by atoms with E-state index in [0.717, 1.165) is 17.0 Å². The van der Waals surface area contributed by atoms with Gasteiger partial charge in [0.2, 0.25) is 0 Å². The number of H-pyrrole nitrogens is 1. The van der Waals surface area contributed by atoms with Gasteiger partial charge in [0.25, 0.3) is 0 Å². The molecule has 0 aliphatic heterocycles. The number of benzene rings is 1. The van der Waals surface area contributed by atoms with E-state index in [1.54, 1.807) is 0 Å². The molecule has 0 spiro atoms. The van der Waals surface area contributed by atoms with Crippen molar-refractivity contribution >= 4 is 0 Å². The largest absolute Gasteiger partial charge is 0.573 e. The van der Waals surface area contributed by atoms with E-state index in [9.17, 15) is 18.0 Å². The molecule has 0 aliphatic rings. The van der Waals surface area contributed by atoms with Crippen LogP contribution in [0.5, 0.6) is 5.75 Å². The predicted molar refractivity (Wildman–Crippen MR) is 50.9 cm³/mol. The van der Waals surface area contributed by atoms with Crippen LogP contribution in [-0.2, 0) is 0 Å². The molecule has 0 amide bonds. The minimum Gasteiger partial charge on any atom is -0.404 e. The van der Waals surface area contributed by atoms with Gasteiger partial charge in [-0.1, -0.05) is 12.1 Å². The Bertz CT molecular complexity index is 573. The van der Waals surface area contributed by atoms with Crippen LogP contribution < -0.4 is 10.4 Å². The fourth-order valence-corrected chi connectivity index (χ4v) is 1.29. The van der Waals surface area contributed by atoms with Crippen molar-refractivity contribution in [2.45, 2.75) is 6.36 Å². The lowest BCUT2D eigenvalue weighted by atomic mass is 10.3. The highest BCUT2D eigenvalue weighted by Crippen LogP contribution is 2.27. The van der Waals surface area contributed by atoms with Gasteiger partial charge in [-0.05, 0) is 12.1 Å². The van der Waals surface area contributed by atoms with Crippen molar-refractivity contribution in [3.63, 3.8) is 0 Å². The van der Waals surface area contributed by atoms with Crippen LogP contribution in [0.25, 0.3) is 5.69 Å². The number of aromatic amines is 1. The molecule has 0 unspecified atom stereocenters. The molecule has 2 aromatic rings. The Kier molecular flexibility index (Phi) is 2.62. The second-order valence-electron chi connectivity index (χ2n) is 3.05. The molecule has 0 radical (unpaired) electrons. The van der Waals surface area contributed by atoms with Gasteiger partial charge in [-0.15, -0.1) is 13.2 Å². The summed E-state index contributed by atoms with van der Waals surface area (Å²) >= 11 is 0. The van der Waals surface area contributed by atoms with Gasteiger partial charge in [-0.2, -0.15) is 5.10 Å². The van der Waals surface area contributed by atoms with E-state index in [0.29, 0.717) is 0 Å². The lowest BCUT2D eigenvalue weighted by Crippen LogP contribution is -2.20. The summed E-state index contributed by atoms with van der Waals surface area (Å²) in [5.41, 5.74) is -0.688. The van der Waals surface area contributed by atoms with Gasteiger partial charge in [0, 0.05) is 0 Å². The van der Waals surface area contributed by atoms with Crippen molar-refractivity contribution in [3.05, 3.63) is 41.1 Å². The number of ether oxygens (including phenoxy) is 1. The number of nitrogens with zero attached hydrogens (tertiary/aromatic N) is 2. The van der Waals surface area contributed by atoms with Crippen LogP contribution in [0.1, 0.15) is 0 Å². The van der Waals surface area contributed by atoms with Crippen LogP contribution in [0.4, 0.5) is 13.2 Å². The summed E-state index contributed by atoms with van der Waals surface area (Å²) in [6, 6.07) is 5.29. The summed E-state index contributed by atoms with van der Waals surface area (Å²) in [6.45, 7) is 0. The first-order valence-corrected chi connectivity index (χ1v) is 4.44. The molecule has 1 aromatic carbocycles. The van der Waals surface area contributed by atoms with Gasteiger partial charge >= 0.3 is 12.1 Å². The predicted octanol–water partition coefficient (Wildman–Crippen LogP) is 1.46. The maximum atomic E-state index is 12.1. The van der Waals surface area contributed by atoms with E-state index in [1.165, 1.54) is 18.2 Å². The molecule has 0 saturated heterocycles. The molecule has 90 valence electrons. The van der Waals surface area contributed by atoms with Crippen LogP contribution in [-0.4, -0.2) is 21.1 Å². The summed E-state index contributed by atoms with van der Waals surface area (Å²) in [6.07, 6.45) is -3.75. The SMILES string of the molecule is O=c1[nH]ncn1-c1ccccc1OC(F)(F)F. The number of nitrogens with one attached hydrogen (secondary N) is 1. The number of hydrogen-bond acceptors (Lipinski definition) is 3. The molecule has 1 heterocycles. The molecular weight excluding hydrogens is 239 g/mol. The quantitative estimate of drug-likeness (QED) is 0.871. The molecule has 1 N–H and O–H groups in total. The van der Waals surface area contributed by atoms with Crippen LogP contribution in [0, 0.1) is 0 Å². The van der Waals surface area contributed by atoms with Crippen LogP contribution >= 0.6 is 0 Å². The first-order valence-electron chi connectivity index (χ1n) is 4.44. The maximum Gasteiger partial charge on any atom is 0.573 e. The molecule has 0 atom stereocenters. The smallest absolute Gasteiger partial charge is 0.404 e. The summed E-state index contributed by atoms with van der Waals surface area (Å²) in [5.74, 6) is -0.469. The fourth-order valence-electron chi connectivity index (χ4n) is 1.29. The Labute approximate surface area is 92.5 Å². The number of hydrogen-bond donors (Lipinski definition) is 1. The van der Waals surface area contributed by atoms with E-state index in [-0.39, 0.29) is 5.69 Å². The van der Waals surface area contributed by atoms with Gasteiger partial charge < -0.3 is 4.74 Å². The maximum absolute atomic E-state index is 12.1. The van der Waals surface area contributed by atoms with E-state index in [4.69, 9.17) is 0 Å². The highest BCUT2D eigenvalue weighted by Gasteiger charge is 2.32. The van der Waals surface area contributed by atoms with Gasteiger partial charge in [0.15, 0.2) is 5.75 Å². The average molecular weight is 245 g/mol. The highest BCUT2D eigenvalue weighted by molar-refractivity contribution is 5.46. The third-order valence-electron chi connectivity index (χ3n) is 1.90. The molecule has 1 aromatic heterocycles. The number of aromatic nitrogens is 3. The minimum atomic E-state index is -4.82. The molecule has 5 nitrogen and oxygen atoms in total. The lowest BCUT2D eigenvalue weighted by Gasteiger charge is -2.12. The standard InChI is InChI=1S/C9H6F3N3O2/c10-9(11,12)17-7-4-2-1-3-6(7)15-5-13-14-8(15)16/h1-5H,(H,14,16). The normalized spacial score (nSPS) is 11.5. The van der Waals surface area contributed by atoms with Crippen molar-refractivity contribution in [2.75, 3.05) is 0 Å². The van der Waals surface area contributed by atoms with Gasteiger partial charge in [0.1, 0.15) is 6.33 Å². The van der Waals surface area contributed by atoms with Crippen LogP contribution in [0.3, 0.4) is 0 Å². The minimum absolute atomic E-state index is 0.0384. The summed E-state index contributed by atoms with van der Waals surface area (Å²) in [4.78, 5) is 11.2. The average Bonchev–Trinajstić information content (AvgIpc) is 2.63. The molecule has 0 saturated carbocycles. The van der Waals surface area contributed by atoms with E-state index >= 15 is 0 Å². The first-order chi connectivity index (χ1) is 7.97. The third kappa shape index (κ3) is 2.47. The Morgan fingerprint density at radius 3 is 2.59 bits per heavy atom. The van der Waals surface area contributed by atoms with Gasteiger partial charge in [-0.3, -0.25) is 0 Å².